The summed E-state index contributed by atoms with van der Waals surface area (Å²) in [7, 11) is 0. The summed E-state index contributed by atoms with van der Waals surface area (Å²) in [5.41, 5.74) is 16.6. The molecule has 0 saturated heterocycles. The van der Waals surface area contributed by atoms with Crippen molar-refractivity contribution in [3.63, 3.8) is 0 Å². The molecule has 1 aromatic heterocycles. The van der Waals surface area contributed by atoms with E-state index in [-0.39, 0.29) is 18.6 Å². The first-order valence-corrected chi connectivity index (χ1v) is 12.3. The molecule has 0 unspecified atom stereocenters. The second-order valence-electron chi connectivity index (χ2n) is 9.37. The van der Waals surface area contributed by atoms with Crippen molar-refractivity contribution < 1.29 is 24.6 Å². The van der Waals surface area contributed by atoms with Gasteiger partial charge in [0.25, 0.3) is 5.97 Å². The molecule has 7 N–H and O–H groups in total. The van der Waals surface area contributed by atoms with E-state index in [0.29, 0.717) is 17.8 Å². The van der Waals surface area contributed by atoms with Crippen LogP contribution in [0.15, 0.2) is 48.7 Å². The van der Waals surface area contributed by atoms with Gasteiger partial charge in [0.05, 0.1) is 24.5 Å². The Bertz CT molecular complexity index is 1230. The number of nitrogens with zero attached hydrogens (tertiary/aromatic N) is 2. The van der Waals surface area contributed by atoms with Gasteiger partial charge in [-0.05, 0) is 68.5 Å². The summed E-state index contributed by atoms with van der Waals surface area (Å²) in [5, 5.41) is 17.6. The van der Waals surface area contributed by atoms with E-state index >= 15 is 0 Å². The summed E-state index contributed by atoms with van der Waals surface area (Å²) < 4.78 is 0. The molecule has 38 heavy (non-hydrogen) atoms. The van der Waals surface area contributed by atoms with Gasteiger partial charge < -0.3 is 31.6 Å². The van der Waals surface area contributed by atoms with Crippen LogP contribution in [0.25, 0.3) is 11.3 Å². The van der Waals surface area contributed by atoms with Gasteiger partial charge >= 0.3 is 0 Å². The fourth-order valence-corrected chi connectivity index (χ4v) is 4.30. The number of aliphatic hydroxyl groups excluding tert-OH is 1. The standard InChI is InChI=1S/C26H33N5O3.C2H4O2/c1-15(2)31(23(14-32)25-29-13-22(30-25)18-8-6-5-7-9-18)26(34)21(27)12-20-16(3)10-19(24(28)33)11-17(20)4;1-2(3)4/h5-11,13,15,21,23,32H,12,14,27H2,1-4H3,(H2,28,33)(H,29,30);1H3,(H,3,4)/t21-,23-;/m0./s1. The monoisotopic (exact) mass is 523 g/mol. The molecule has 10 heteroatoms. The van der Waals surface area contributed by atoms with Gasteiger partial charge in [-0.25, -0.2) is 4.98 Å². The maximum Gasteiger partial charge on any atom is 0.300 e. The molecule has 10 nitrogen and oxygen atoms in total. The van der Waals surface area contributed by atoms with Crippen LogP contribution in [0.2, 0.25) is 0 Å². The zero-order chi connectivity index (χ0) is 28.6. The third-order valence-corrected chi connectivity index (χ3v) is 6.04. The second-order valence-corrected chi connectivity index (χ2v) is 9.37. The van der Waals surface area contributed by atoms with E-state index in [9.17, 15) is 14.7 Å². The van der Waals surface area contributed by atoms with Crippen LogP contribution < -0.4 is 11.5 Å². The first kappa shape index (κ1) is 30.2. The molecule has 2 amide bonds. The maximum atomic E-state index is 13.5. The highest BCUT2D eigenvalue weighted by molar-refractivity contribution is 5.93. The summed E-state index contributed by atoms with van der Waals surface area (Å²) >= 11 is 0. The van der Waals surface area contributed by atoms with Crippen LogP contribution in [0.5, 0.6) is 0 Å². The van der Waals surface area contributed by atoms with Gasteiger partial charge in [0.15, 0.2) is 0 Å². The Morgan fingerprint density at radius 2 is 1.63 bits per heavy atom. The highest BCUT2D eigenvalue weighted by Crippen LogP contribution is 2.26. The Balaban J connectivity index is 0.00000118. The van der Waals surface area contributed by atoms with E-state index in [1.807, 2.05) is 58.0 Å². The van der Waals surface area contributed by atoms with Gasteiger partial charge in [0.2, 0.25) is 11.8 Å². The number of nitrogens with one attached hydrogen (secondary N) is 1. The summed E-state index contributed by atoms with van der Waals surface area (Å²) in [5.74, 6) is -1.12. The van der Waals surface area contributed by atoms with Crippen molar-refractivity contribution in [1.82, 2.24) is 14.9 Å². The smallest absolute Gasteiger partial charge is 0.300 e. The van der Waals surface area contributed by atoms with Crippen molar-refractivity contribution >= 4 is 17.8 Å². The molecular formula is C28H37N5O5. The van der Waals surface area contributed by atoms with Crippen LogP contribution in [0, 0.1) is 13.8 Å². The molecule has 2 atom stereocenters. The molecule has 204 valence electrons. The van der Waals surface area contributed by atoms with E-state index < -0.39 is 24.0 Å². The topological polar surface area (TPSA) is 176 Å². The lowest BCUT2D eigenvalue weighted by molar-refractivity contribution is -0.138. The first-order chi connectivity index (χ1) is 17.9. The Morgan fingerprint density at radius 3 is 2.11 bits per heavy atom. The molecule has 0 bridgehead atoms. The Labute approximate surface area is 222 Å². The number of aryl methyl sites for hydroxylation is 2. The molecule has 0 radical (unpaired) electrons. The van der Waals surface area contributed by atoms with Crippen LogP contribution in [0.4, 0.5) is 0 Å². The minimum absolute atomic E-state index is 0.222. The number of amides is 2. The number of aliphatic carboxylic acids is 1. The summed E-state index contributed by atoms with van der Waals surface area (Å²) in [6.07, 6.45) is 1.99. The van der Waals surface area contributed by atoms with Crippen LogP contribution in [0.1, 0.15) is 59.7 Å². The van der Waals surface area contributed by atoms with Crippen molar-refractivity contribution in [2.24, 2.45) is 11.5 Å². The Kier molecular flexibility index (Phi) is 10.7. The normalized spacial score (nSPS) is 12.3. The van der Waals surface area contributed by atoms with Crippen molar-refractivity contribution in [3.05, 3.63) is 76.7 Å². The fraction of sp³-hybridized carbons (Fsp3) is 0.357. The number of carbonyl (C=O) groups is 3. The molecule has 3 aromatic rings. The number of hydrogen-bond acceptors (Lipinski definition) is 6. The Hall–Kier alpha value is -4.02. The Morgan fingerprint density at radius 1 is 1.08 bits per heavy atom. The van der Waals surface area contributed by atoms with Crippen LogP contribution in [-0.2, 0) is 16.0 Å². The summed E-state index contributed by atoms with van der Waals surface area (Å²) in [6, 6.07) is 11.4. The second kappa shape index (κ2) is 13.5. The van der Waals surface area contributed by atoms with Gasteiger partial charge in [-0.1, -0.05) is 30.3 Å². The summed E-state index contributed by atoms with van der Waals surface area (Å²) in [6.45, 7) is 8.29. The molecule has 3 rings (SSSR count). The first-order valence-electron chi connectivity index (χ1n) is 12.3. The number of primary amides is 1. The molecule has 0 aliphatic carbocycles. The number of H-pyrrole nitrogens is 1. The average molecular weight is 524 g/mol. The lowest BCUT2D eigenvalue weighted by atomic mass is 9.93. The van der Waals surface area contributed by atoms with E-state index in [1.54, 1.807) is 23.2 Å². The largest absolute Gasteiger partial charge is 0.481 e. The number of carbonyl (C=O) groups excluding carboxylic acids is 2. The molecular weight excluding hydrogens is 486 g/mol. The van der Waals surface area contributed by atoms with Crippen LogP contribution in [0.3, 0.4) is 0 Å². The van der Waals surface area contributed by atoms with Gasteiger partial charge in [-0.3, -0.25) is 14.4 Å². The van der Waals surface area contributed by atoms with Crippen molar-refractivity contribution in [2.75, 3.05) is 6.61 Å². The number of rotatable bonds is 9. The minimum atomic E-state index is -0.836. The van der Waals surface area contributed by atoms with Crippen molar-refractivity contribution in [3.8, 4) is 11.3 Å². The lowest BCUT2D eigenvalue weighted by Gasteiger charge is -2.35. The highest BCUT2D eigenvalue weighted by atomic mass is 16.4. The number of carboxylic acid groups (broad SMARTS) is 1. The number of benzene rings is 2. The number of nitrogens with two attached hydrogens (primary N) is 2. The van der Waals surface area contributed by atoms with Gasteiger partial charge in [-0.2, -0.15) is 0 Å². The molecule has 0 fully saturated rings. The van der Waals surface area contributed by atoms with Crippen LogP contribution >= 0.6 is 0 Å². The molecule has 0 aliphatic heterocycles. The van der Waals surface area contributed by atoms with Crippen LogP contribution in [-0.4, -0.2) is 61.6 Å². The summed E-state index contributed by atoms with van der Waals surface area (Å²) in [4.78, 5) is 43.3. The highest BCUT2D eigenvalue weighted by Gasteiger charge is 2.33. The predicted molar refractivity (Wildman–Crippen MR) is 145 cm³/mol. The number of carboxylic acids is 1. The predicted octanol–water partition coefficient (Wildman–Crippen LogP) is 2.72. The molecule has 0 aliphatic rings. The number of aliphatic hydroxyl groups is 1. The molecule has 0 spiro atoms. The van der Waals surface area contributed by atoms with E-state index in [1.165, 1.54) is 0 Å². The van der Waals surface area contributed by atoms with E-state index in [2.05, 4.69) is 9.97 Å². The molecule has 2 aromatic carbocycles. The van der Waals surface area contributed by atoms with Crippen molar-refractivity contribution in [1.29, 1.82) is 0 Å². The number of aromatic amines is 1. The van der Waals surface area contributed by atoms with Gasteiger partial charge in [-0.15, -0.1) is 0 Å². The third-order valence-electron chi connectivity index (χ3n) is 6.04. The van der Waals surface area contributed by atoms with Gasteiger partial charge in [0, 0.05) is 18.5 Å². The zero-order valence-corrected chi connectivity index (χ0v) is 22.4. The quantitative estimate of drug-likeness (QED) is 0.286. The SMILES string of the molecule is CC(=O)O.Cc1cc(C(N)=O)cc(C)c1C[C@H](N)C(=O)N(C(C)C)[C@@H](CO)c1ncc(-c2ccccc2)[nH]1. The lowest BCUT2D eigenvalue weighted by Crippen LogP contribution is -2.50. The average Bonchev–Trinajstić information content (AvgIpc) is 3.34. The van der Waals surface area contributed by atoms with Gasteiger partial charge in [0.1, 0.15) is 11.9 Å². The molecule has 0 saturated carbocycles. The maximum absolute atomic E-state index is 13.5. The number of imidazole rings is 1. The fourth-order valence-electron chi connectivity index (χ4n) is 4.30. The third kappa shape index (κ3) is 7.74. The number of hydrogen-bond donors (Lipinski definition) is 5. The van der Waals surface area contributed by atoms with E-state index in [4.69, 9.17) is 21.4 Å². The van der Waals surface area contributed by atoms with E-state index in [0.717, 1.165) is 34.9 Å². The molecule has 1 heterocycles. The zero-order valence-electron chi connectivity index (χ0n) is 22.4. The minimum Gasteiger partial charge on any atom is -0.481 e. The number of aromatic nitrogens is 2. The van der Waals surface area contributed by atoms with Crippen molar-refractivity contribution in [2.45, 2.75) is 59.2 Å².